The number of hydrogen-bond acceptors (Lipinski definition) is 1. The average Bonchev–Trinajstić information content (AvgIpc) is 2.70. The lowest BCUT2D eigenvalue weighted by Crippen LogP contribution is -2.26. The van der Waals surface area contributed by atoms with Gasteiger partial charge in [0.05, 0.1) is 6.54 Å². The van der Waals surface area contributed by atoms with Gasteiger partial charge in [0.25, 0.3) is 0 Å². The Hall–Kier alpha value is -2.30. The second-order valence-corrected chi connectivity index (χ2v) is 6.59. The summed E-state index contributed by atoms with van der Waals surface area (Å²) >= 11 is 0. The van der Waals surface area contributed by atoms with Gasteiger partial charge in [0, 0.05) is 0 Å². The van der Waals surface area contributed by atoms with Gasteiger partial charge in [-0.3, -0.25) is 4.90 Å². The minimum Gasteiger partial charge on any atom is -0.292 e. The zero-order valence-corrected chi connectivity index (χ0v) is 16.2. The highest BCUT2D eigenvalue weighted by Gasteiger charge is 2.03. The summed E-state index contributed by atoms with van der Waals surface area (Å²) in [4.78, 5) is 2.48. The Morgan fingerprint density at radius 2 is 1.31 bits per heavy atom. The molecule has 0 spiro atoms. The fraction of sp³-hybridized carbons (Fsp3) is 0.360. The minimum absolute atomic E-state index is 0.855. The maximum atomic E-state index is 3.37. The van der Waals surface area contributed by atoms with Crippen molar-refractivity contribution >= 4 is 5.57 Å². The number of hydrogen-bond donors (Lipinski definition) is 0. The first-order chi connectivity index (χ1) is 12.8. The molecule has 0 heterocycles. The fourth-order valence-corrected chi connectivity index (χ4v) is 2.88. The monoisotopic (exact) mass is 345 g/mol. The van der Waals surface area contributed by atoms with Gasteiger partial charge in [0.1, 0.15) is 0 Å². The number of benzene rings is 2. The largest absolute Gasteiger partial charge is 0.292 e. The van der Waals surface area contributed by atoms with Gasteiger partial charge >= 0.3 is 0 Å². The van der Waals surface area contributed by atoms with Crippen LogP contribution in [0.1, 0.15) is 50.7 Å². The van der Waals surface area contributed by atoms with E-state index in [9.17, 15) is 0 Å². The van der Waals surface area contributed by atoms with E-state index in [0.717, 1.165) is 19.6 Å². The maximum absolute atomic E-state index is 3.37. The van der Waals surface area contributed by atoms with Crippen LogP contribution in [0, 0.1) is 11.8 Å². The van der Waals surface area contributed by atoms with Crippen molar-refractivity contribution in [2.45, 2.75) is 39.5 Å². The molecule has 136 valence electrons. The molecule has 0 bridgehead atoms. The molecule has 0 radical (unpaired) electrons. The molecular weight excluding hydrogens is 314 g/mol. The van der Waals surface area contributed by atoms with Gasteiger partial charge in [0.2, 0.25) is 0 Å². The van der Waals surface area contributed by atoms with Crippen LogP contribution in [-0.2, 0) is 0 Å². The summed E-state index contributed by atoms with van der Waals surface area (Å²) in [5, 5.41) is 0. The van der Waals surface area contributed by atoms with Crippen LogP contribution in [0.5, 0.6) is 0 Å². The average molecular weight is 346 g/mol. The SMILES string of the molecule is CCCCN(CC#CC=C(c1ccccc1)c1ccccc1)CCCC. The van der Waals surface area contributed by atoms with Crippen molar-refractivity contribution in [1.29, 1.82) is 0 Å². The van der Waals surface area contributed by atoms with Crippen molar-refractivity contribution in [2.75, 3.05) is 19.6 Å². The van der Waals surface area contributed by atoms with Crippen molar-refractivity contribution in [3.05, 3.63) is 77.9 Å². The normalized spacial score (nSPS) is 10.3. The van der Waals surface area contributed by atoms with Crippen LogP contribution in [0.3, 0.4) is 0 Å². The van der Waals surface area contributed by atoms with Crippen molar-refractivity contribution in [1.82, 2.24) is 4.90 Å². The van der Waals surface area contributed by atoms with Gasteiger partial charge in [0.15, 0.2) is 0 Å². The smallest absolute Gasteiger partial charge is 0.0605 e. The lowest BCUT2D eigenvalue weighted by atomic mass is 9.98. The summed E-state index contributed by atoms with van der Waals surface area (Å²) in [5.74, 6) is 6.68. The number of allylic oxidation sites excluding steroid dienone is 1. The van der Waals surface area contributed by atoms with E-state index in [4.69, 9.17) is 0 Å². The molecule has 2 aromatic carbocycles. The van der Waals surface area contributed by atoms with Gasteiger partial charge < -0.3 is 0 Å². The third kappa shape index (κ3) is 6.90. The summed E-state index contributed by atoms with van der Waals surface area (Å²) in [6.07, 6.45) is 7.05. The molecule has 0 aliphatic carbocycles. The Morgan fingerprint density at radius 1 is 0.808 bits per heavy atom. The van der Waals surface area contributed by atoms with Gasteiger partial charge in [-0.05, 0) is 48.7 Å². The Morgan fingerprint density at radius 3 is 1.77 bits per heavy atom. The van der Waals surface area contributed by atoms with E-state index in [-0.39, 0.29) is 0 Å². The Balaban J connectivity index is 2.14. The molecule has 0 aliphatic heterocycles. The van der Waals surface area contributed by atoms with Crippen LogP contribution in [0.25, 0.3) is 5.57 Å². The molecule has 0 saturated carbocycles. The molecule has 0 aromatic heterocycles. The highest BCUT2D eigenvalue weighted by molar-refractivity contribution is 5.81. The quantitative estimate of drug-likeness (QED) is 0.502. The van der Waals surface area contributed by atoms with Gasteiger partial charge in [-0.25, -0.2) is 0 Å². The molecule has 0 saturated heterocycles. The minimum atomic E-state index is 0.855. The van der Waals surface area contributed by atoms with E-state index < -0.39 is 0 Å². The van der Waals surface area contributed by atoms with Gasteiger partial charge in [-0.1, -0.05) is 99.2 Å². The zero-order valence-electron chi connectivity index (χ0n) is 16.2. The third-order valence-electron chi connectivity index (χ3n) is 4.45. The summed E-state index contributed by atoms with van der Waals surface area (Å²) in [7, 11) is 0. The second kappa shape index (κ2) is 12.1. The topological polar surface area (TPSA) is 3.24 Å². The van der Waals surface area contributed by atoms with E-state index in [2.05, 4.69) is 97.3 Å². The Labute approximate surface area is 159 Å². The summed E-state index contributed by atoms with van der Waals surface area (Å²) < 4.78 is 0. The fourth-order valence-electron chi connectivity index (χ4n) is 2.88. The molecule has 0 atom stereocenters. The Bertz CT molecular complexity index is 655. The molecule has 1 nitrogen and oxygen atoms in total. The van der Waals surface area contributed by atoms with E-state index in [1.807, 2.05) is 0 Å². The summed E-state index contributed by atoms with van der Waals surface area (Å²) in [5.41, 5.74) is 3.61. The lowest BCUT2D eigenvalue weighted by molar-refractivity contribution is 0.296. The highest BCUT2D eigenvalue weighted by atomic mass is 15.1. The second-order valence-electron chi connectivity index (χ2n) is 6.59. The van der Waals surface area contributed by atoms with Crippen LogP contribution in [0.4, 0.5) is 0 Å². The molecule has 0 fully saturated rings. The van der Waals surface area contributed by atoms with Crippen LogP contribution in [0.2, 0.25) is 0 Å². The first kappa shape index (κ1) is 20.0. The van der Waals surface area contributed by atoms with Gasteiger partial charge in [-0.15, -0.1) is 0 Å². The summed E-state index contributed by atoms with van der Waals surface area (Å²) in [6, 6.07) is 21.0. The third-order valence-corrected chi connectivity index (χ3v) is 4.45. The predicted octanol–water partition coefficient (Wildman–Crippen LogP) is 6.02. The van der Waals surface area contributed by atoms with Gasteiger partial charge in [-0.2, -0.15) is 0 Å². The molecule has 1 heteroatoms. The van der Waals surface area contributed by atoms with Crippen LogP contribution in [0.15, 0.2) is 66.7 Å². The number of rotatable bonds is 9. The zero-order chi connectivity index (χ0) is 18.5. The molecular formula is C25H31N. The van der Waals surface area contributed by atoms with E-state index in [1.54, 1.807) is 0 Å². The van der Waals surface area contributed by atoms with Crippen LogP contribution >= 0.6 is 0 Å². The first-order valence-corrected chi connectivity index (χ1v) is 9.87. The lowest BCUT2D eigenvalue weighted by Gasteiger charge is -2.18. The molecule has 0 amide bonds. The van der Waals surface area contributed by atoms with Crippen molar-refractivity contribution in [3.63, 3.8) is 0 Å². The molecule has 2 rings (SSSR count). The first-order valence-electron chi connectivity index (χ1n) is 9.87. The highest BCUT2D eigenvalue weighted by Crippen LogP contribution is 2.22. The molecule has 0 unspecified atom stereocenters. The molecule has 2 aromatic rings. The number of unbranched alkanes of at least 4 members (excludes halogenated alkanes) is 2. The summed E-state index contributed by atoms with van der Waals surface area (Å²) in [6.45, 7) is 7.66. The molecule has 0 aliphatic rings. The van der Waals surface area contributed by atoms with E-state index >= 15 is 0 Å². The van der Waals surface area contributed by atoms with Crippen LogP contribution < -0.4 is 0 Å². The van der Waals surface area contributed by atoms with E-state index in [1.165, 1.54) is 42.4 Å². The van der Waals surface area contributed by atoms with Crippen LogP contribution in [-0.4, -0.2) is 24.5 Å². The maximum Gasteiger partial charge on any atom is 0.0605 e. The predicted molar refractivity (Wildman–Crippen MR) is 114 cm³/mol. The van der Waals surface area contributed by atoms with E-state index in [0.29, 0.717) is 0 Å². The Kier molecular flexibility index (Phi) is 9.33. The standard InChI is InChI=1S/C25H31N/c1-3-5-20-26(21-6-4-2)22-14-13-19-25(23-15-9-7-10-16-23)24-17-11-8-12-18-24/h7-12,15-19H,3-6,20-22H2,1-2H3. The van der Waals surface area contributed by atoms with Crippen molar-refractivity contribution in [2.24, 2.45) is 0 Å². The number of nitrogens with zero attached hydrogens (tertiary/aromatic N) is 1. The van der Waals surface area contributed by atoms with Crippen molar-refractivity contribution in [3.8, 4) is 11.8 Å². The molecule has 26 heavy (non-hydrogen) atoms. The molecule has 0 N–H and O–H groups in total. The van der Waals surface area contributed by atoms with Crippen molar-refractivity contribution < 1.29 is 0 Å².